The van der Waals surface area contributed by atoms with Crippen LogP contribution < -0.4 is 27.0 Å². The number of halogens is 3. The zero-order valence-electron chi connectivity index (χ0n) is 26.1. The maximum absolute atomic E-state index is 13.5. The lowest BCUT2D eigenvalue weighted by Gasteiger charge is -2.47. The molecule has 0 saturated heterocycles. The SMILES string of the molecule is CC(=O)N[C@@H]1[C@@H](NC(=N)N)C=C(C(=O)O)O[C@H]1C(OC(=O)NC1CCCCC1)(OC(=O)NC1CCCCC1)[C@H](O)COC(=O)C(F)(F)F. The number of aliphatic carboxylic acids is 1. The fourth-order valence-corrected chi connectivity index (χ4v) is 5.86. The number of hydrogen-bond donors (Lipinski definition) is 8. The van der Waals surface area contributed by atoms with Gasteiger partial charge >= 0.3 is 36.1 Å². The fourth-order valence-electron chi connectivity index (χ4n) is 5.86. The van der Waals surface area contributed by atoms with Crippen LogP contribution in [-0.2, 0) is 33.3 Å². The highest BCUT2D eigenvalue weighted by Crippen LogP contribution is 2.35. The molecule has 0 radical (unpaired) electrons. The topological polar surface area (TPSA) is 261 Å². The van der Waals surface area contributed by atoms with Gasteiger partial charge in [0.15, 0.2) is 12.1 Å². The molecule has 0 aromatic heterocycles. The van der Waals surface area contributed by atoms with Gasteiger partial charge in [-0.2, -0.15) is 13.2 Å². The molecule has 1 aliphatic heterocycles. The Kier molecular flexibility index (Phi) is 13.1. The monoisotopic (exact) mass is 694 g/mol. The van der Waals surface area contributed by atoms with E-state index in [-0.39, 0.29) is 0 Å². The Labute approximate surface area is 272 Å². The van der Waals surface area contributed by atoms with Crippen LogP contribution in [0.15, 0.2) is 11.8 Å². The second-order valence-corrected chi connectivity index (χ2v) is 11.8. The zero-order chi connectivity index (χ0) is 35.6. The molecule has 0 unspecified atom stereocenters. The number of nitrogens with two attached hydrogens (primary N) is 1. The molecule has 3 amide bonds. The number of aliphatic hydroxyl groups excluding tert-OH is 1. The number of ether oxygens (including phenoxy) is 4. The number of guanidine groups is 1. The first kappa shape index (κ1) is 38.0. The number of nitrogens with one attached hydrogen (secondary N) is 5. The third-order valence-corrected chi connectivity index (χ3v) is 8.02. The van der Waals surface area contributed by atoms with Crippen molar-refractivity contribution in [2.45, 2.75) is 119 Å². The van der Waals surface area contributed by atoms with Crippen molar-refractivity contribution >= 4 is 36.0 Å². The summed E-state index contributed by atoms with van der Waals surface area (Å²) in [7, 11) is 0. The van der Waals surface area contributed by atoms with Gasteiger partial charge in [0, 0.05) is 19.0 Å². The van der Waals surface area contributed by atoms with Crippen molar-refractivity contribution in [2.24, 2.45) is 5.73 Å². The molecule has 0 aromatic carbocycles. The summed E-state index contributed by atoms with van der Waals surface area (Å²) in [6.07, 6.45) is -5.71. The molecule has 2 aliphatic carbocycles. The second kappa shape index (κ2) is 16.6. The molecule has 2 saturated carbocycles. The van der Waals surface area contributed by atoms with Crippen molar-refractivity contribution in [2.75, 3.05) is 6.61 Å². The first-order valence-electron chi connectivity index (χ1n) is 15.4. The molecule has 20 heteroatoms. The molecule has 9 N–H and O–H groups in total. The number of carbonyl (C=O) groups is 5. The van der Waals surface area contributed by atoms with Crippen molar-refractivity contribution in [1.29, 1.82) is 5.41 Å². The van der Waals surface area contributed by atoms with Gasteiger partial charge < -0.3 is 56.2 Å². The molecular weight excluding hydrogens is 653 g/mol. The standard InChI is InChI=1S/C28H41F3N6O11/c1-14(38)34-20-17(37-24(32)33)12-18(22(40)41)46-21(20)27(19(39)13-45-23(42)28(29,30)31,47-25(43)35-15-8-4-2-5-9-15)48-26(44)36-16-10-6-3-7-11-16/h12,15-17,19-21,39H,2-11,13H2,1H3,(H,34,38)(H,35,43)(H,36,44)(H,40,41)(H4,32,33,37)/t17-,19+,20+,21+/m0/s1. The maximum Gasteiger partial charge on any atom is 0.490 e. The number of carbonyl (C=O) groups excluding carboxylic acids is 4. The van der Waals surface area contributed by atoms with Gasteiger partial charge in [-0.25, -0.2) is 19.2 Å². The summed E-state index contributed by atoms with van der Waals surface area (Å²) in [6.45, 7) is -0.621. The molecule has 270 valence electrons. The lowest BCUT2D eigenvalue weighted by Crippen LogP contribution is -2.72. The first-order chi connectivity index (χ1) is 22.5. The normalized spacial score (nSPS) is 22.9. The van der Waals surface area contributed by atoms with E-state index in [2.05, 4.69) is 26.0 Å². The van der Waals surface area contributed by atoms with E-state index in [0.29, 0.717) is 25.7 Å². The predicted octanol–water partition coefficient (Wildman–Crippen LogP) is 0.991. The predicted molar refractivity (Wildman–Crippen MR) is 156 cm³/mol. The van der Waals surface area contributed by atoms with Crippen molar-refractivity contribution < 1.29 is 66.3 Å². The Morgan fingerprint density at radius 1 is 0.938 bits per heavy atom. The van der Waals surface area contributed by atoms with Gasteiger partial charge in [0.2, 0.25) is 17.8 Å². The van der Waals surface area contributed by atoms with Crippen LogP contribution in [0.1, 0.15) is 71.1 Å². The van der Waals surface area contributed by atoms with Crippen LogP contribution in [0.4, 0.5) is 22.8 Å². The van der Waals surface area contributed by atoms with Crippen molar-refractivity contribution in [3.63, 3.8) is 0 Å². The summed E-state index contributed by atoms with van der Waals surface area (Å²) < 4.78 is 60.1. The summed E-state index contributed by atoms with van der Waals surface area (Å²) in [5.74, 6) is -10.4. The van der Waals surface area contributed by atoms with E-state index in [4.69, 9.17) is 25.4 Å². The molecule has 48 heavy (non-hydrogen) atoms. The van der Waals surface area contributed by atoms with Crippen LogP contribution in [0.25, 0.3) is 0 Å². The van der Waals surface area contributed by atoms with Crippen LogP contribution >= 0.6 is 0 Å². The molecule has 17 nitrogen and oxygen atoms in total. The number of hydrogen-bond acceptors (Lipinski definition) is 11. The Bertz CT molecular complexity index is 1200. The molecular formula is C28H41F3N6O11. The Balaban J connectivity index is 2.17. The highest BCUT2D eigenvalue weighted by atomic mass is 19.4. The number of esters is 1. The lowest BCUT2D eigenvalue weighted by molar-refractivity contribution is -0.287. The van der Waals surface area contributed by atoms with E-state index in [1.807, 2.05) is 0 Å². The van der Waals surface area contributed by atoms with Crippen LogP contribution in [0.2, 0.25) is 0 Å². The number of carboxylic acid groups (broad SMARTS) is 1. The summed E-state index contributed by atoms with van der Waals surface area (Å²) in [6, 6.07) is -4.16. The maximum atomic E-state index is 13.5. The van der Waals surface area contributed by atoms with E-state index >= 15 is 0 Å². The van der Waals surface area contributed by atoms with Crippen LogP contribution in [0, 0.1) is 5.41 Å². The van der Waals surface area contributed by atoms with E-state index in [1.165, 1.54) is 0 Å². The number of alkyl carbamates (subject to hydrolysis) is 2. The smallest absolute Gasteiger partial charge is 0.475 e. The van der Waals surface area contributed by atoms with Gasteiger partial charge in [-0.3, -0.25) is 10.2 Å². The minimum Gasteiger partial charge on any atom is -0.475 e. The molecule has 3 aliphatic rings. The minimum absolute atomic E-state index is 0.472. The average Bonchev–Trinajstić information content (AvgIpc) is 2.99. The van der Waals surface area contributed by atoms with E-state index in [9.17, 15) is 47.4 Å². The van der Waals surface area contributed by atoms with E-state index in [0.717, 1.165) is 51.5 Å². The van der Waals surface area contributed by atoms with Gasteiger partial charge in [-0.05, 0) is 31.8 Å². The number of carboxylic acids is 1. The molecule has 4 atom stereocenters. The number of rotatable bonds is 11. The quantitative estimate of drug-likeness (QED) is 0.0650. The summed E-state index contributed by atoms with van der Waals surface area (Å²) in [5.41, 5.74) is 5.48. The van der Waals surface area contributed by atoms with Gasteiger partial charge in [-0.15, -0.1) is 0 Å². The highest BCUT2D eigenvalue weighted by Gasteiger charge is 2.62. The highest BCUT2D eigenvalue weighted by molar-refractivity contribution is 5.85. The van der Waals surface area contributed by atoms with Gasteiger partial charge in [-0.1, -0.05) is 38.5 Å². The Morgan fingerprint density at radius 3 is 1.85 bits per heavy atom. The fraction of sp³-hybridized carbons (Fsp3) is 0.714. The molecule has 3 rings (SSSR count). The van der Waals surface area contributed by atoms with Crippen molar-refractivity contribution in [1.82, 2.24) is 21.3 Å². The summed E-state index contributed by atoms with van der Waals surface area (Å²) in [5, 5.41) is 38.8. The van der Waals surface area contributed by atoms with Crippen molar-refractivity contribution in [3.8, 4) is 0 Å². The molecule has 0 bridgehead atoms. The number of amides is 3. The molecule has 2 fully saturated rings. The molecule has 1 heterocycles. The minimum atomic E-state index is -5.53. The number of alkyl halides is 3. The van der Waals surface area contributed by atoms with E-state index < -0.39 is 96.7 Å². The Hall–Kier alpha value is -4.49. The number of aliphatic hydroxyl groups is 1. The molecule has 0 aromatic rings. The van der Waals surface area contributed by atoms with Crippen LogP contribution in [0.5, 0.6) is 0 Å². The lowest BCUT2D eigenvalue weighted by atomic mass is 9.88. The Morgan fingerprint density at radius 2 is 1.44 bits per heavy atom. The van der Waals surface area contributed by atoms with E-state index in [1.54, 1.807) is 0 Å². The van der Waals surface area contributed by atoms with Gasteiger partial charge in [0.1, 0.15) is 6.61 Å². The van der Waals surface area contributed by atoms with Crippen LogP contribution in [0.3, 0.4) is 0 Å². The summed E-state index contributed by atoms with van der Waals surface area (Å²) in [4.78, 5) is 63.1. The van der Waals surface area contributed by atoms with Gasteiger partial charge in [0.05, 0.1) is 12.1 Å². The molecule has 0 spiro atoms. The third kappa shape index (κ3) is 10.5. The summed E-state index contributed by atoms with van der Waals surface area (Å²) >= 11 is 0. The first-order valence-corrected chi connectivity index (χ1v) is 15.4. The second-order valence-electron chi connectivity index (χ2n) is 11.8. The van der Waals surface area contributed by atoms with Gasteiger partial charge in [0.25, 0.3) is 0 Å². The largest absolute Gasteiger partial charge is 0.490 e. The zero-order valence-corrected chi connectivity index (χ0v) is 26.1. The average molecular weight is 695 g/mol. The van der Waals surface area contributed by atoms with Crippen molar-refractivity contribution in [3.05, 3.63) is 11.8 Å². The third-order valence-electron chi connectivity index (χ3n) is 8.02. The van der Waals surface area contributed by atoms with Crippen LogP contribution in [-0.4, -0.2) is 101 Å².